The molecule has 100 valence electrons. The number of ether oxygens (including phenoxy) is 1. The van der Waals surface area contributed by atoms with Crippen molar-refractivity contribution >= 4 is 5.97 Å². The first kappa shape index (κ1) is 15.0. The van der Waals surface area contributed by atoms with Gasteiger partial charge in [-0.25, -0.2) is 0 Å². The molecular formula is C17H20O2. The van der Waals surface area contributed by atoms with Crippen LogP contribution >= 0.6 is 0 Å². The second kappa shape index (κ2) is 6.24. The highest BCUT2D eigenvalue weighted by Crippen LogP contribution is 2.25. The molecule has 2 nitrogen and oxygen atoms in total. The fourth-order valence-electron chi connectivity index (χ4n) is 1.60. The topological polar surface area (TPSA) is 26.3 Å². The van der Waals surface area contributed by atoms with E-state index < -0.39 is 11.5 Å². The molecule has 0 fully saturated rings. The molecule has 0 N–H and O–H groups in total. The lowest BCUT2D eigenvalue weighted by Crippen LogP contribution is -2.25. The Kier molecular flexibility index (Phi) is 4.94. The minimum atomic E-state index is -0.650. The number of benzene rings is 1. The molecule has 0 aromatic heterocycles. The van der Waals surface area contributed by atoms with Crippen LogP contribution in [-0.2, 0) is 16.0 Å². The third kappa shape index (κ3) is 3.99. The highest BCUT2D eigenvalue weighted by molar-refractivity contribution is 5.76. The van der Waals surface area contributed by atoms with Crippen molar-refractivity contribution < 1.29 is 9.53 Å². The van der Waals surface area contributed by atoms with E-state index >= 15 is 0 Å². The number of allylic oxidation sites excluding steroid dienone is 1. The van der Waals surface area contributed by atoms with Gasteiger partial charge in [0, 0.05) is 5.56 Å². The number of rotatable bonds is 4. The van der Waals surface area contributed by atoms with Crippen LogP contribution < -0.4 is 0 Å². The highest BCUT2D eigenvalue weighted by atomic mass is 16.5. The van der Waals surface area contributed by atoms with E-state index in [2.05, 4.69) is 12.5 Å². The van der Waals surface area contributed by atoms with Gasteiger partial charge in [0.05, 0.1) is 5.41 Å². The molecule has 0 spiro atoms. The van der Waals surface area contributed by atoms with E-state index in [4.69, 9.17) is 11.2 Å². The fraction of sp³-hybridized carbons (Fsp3) is 0.353. The van der Waals surface area contributed by atoms with Gasteiger partial charge in [-0.1, -0.05) is 36.3 Å². The summed E-state index contributed by atoms with van der Waals surface area (Å²) in [6, 6.07) is 7.67. The second-order valence-electron chi connectivity index (χ2n) is 5.39. The fourth-order valence-corrected chi connectivity index (χ4v) is 1.60. The molecule has 0 saturated carbocycles. The Morgan fingerprint density at radius 3 is 2.63 bits per heavy atom. The molecule has 0 aliphatic carbocycles. The maximum absolute atomic E-state index is 11.9. The van der Waals surface area contributed by atoms with E-state index in [1.54, 1.807) is 26.8 Å². The van der Waals surface area contributed by atoms with Crippen LogP contribution in [0.3, 0.4) is 0 Å². The monoisotopic (exact) mass is 256 g/mol. The summed E-state index contributed by atoms with van der Waals surface area (Å²) >= 11 is 0. The third-order valence-corrected chi connectivity index (χ3v) is 2.69. The van der Waals surface area contributed by atoms with Gasteiger partial charge in [-0.2, -0.15) is 0 Å². The van der Waals surface area contributed by atoms with Gasteiger partial charge in [0.1, 0.15) is 0 Å². The second-order valence-corrected chi connectivity index (χ2v) is 5.39. The Bertz CT molecular complexity index is 501. The molecule has 1 rings (SSSR count). The molecule has 1 aromatic carbocycles. The van der Waals surface area contributed by atoms with Crippen LogP contribution in [0.1, 0.15) is 38.0 Å². The van der Waals surface area contributed by atoms with Crippen LogP contribution in [-0.4, -0.2) is 5.97 Å². The van der Waals surface area contributed by atoms with E-state index in [9.17, 15) is 4.79 Å². The summed E-state index contributed by atoms with van der Waals surface area (Å²) in [5.41, 5.74) is 1.31. The average Bonchev–Trinajstić information content (AvgIpc) is 2.36. The molecule has 2 heteroatoms. The molecule has 0 heterocycles. The number of terminal acetylenes is 1. The predicted octanol–water partition coefficient (Wildman–Crippen LogP) is 3.68. The molecule has 0 amide bonds. The lowest BCUT2D eigenvalue weighted by atomic mass is 9.96. The van der Waals surface area contributed by atoms with Crippen molar-refractivity contribution in [2.75, 3.05) is 0 Å². The normalized spacial score (nSPS) is 12.3. The molecule has 19 heavy (non-hydrogen) atoms. The summed E-state index contributed by atoms with van der Waals surface area (Å²) in [5.74, 6) is 2.24. The molecule has 1 unspecified atom stereocenters. The molecule has 0 saturated heterocycles. The summed E-state index contributed by atoms with van der Waals surface area (Å²) in [6.07, 6.45) is 7.36. The van der Waals surface area contributed by atoms with Crippen molar-refractivity contribution in [2.45, 2.75) is 33.3 Å². The van der Waals surface area contributed by atoms with E-state index in [0.717, 1.165) is 11.1 Å². The quantitative estimate of drug-likeness (QED) is 0.466. The Balaban J connectivity index is 3.02. The summed E-state index contributed by atoms with van der Waals surface area (Å²) in [4.78, 5) is 11.9. The number of carbonyl (C=O) groups is 1. The van der Waals surface area contributed by atoms with E-state index in [-0.39, 0.29) is 5.97 Å². The van der Waals surface area contributed by atoms with Gasteiger partial charge in [0.25, 0.3) is 0 Å². The van der Waals surface area contributed by atoms with E-state index in [1.165, 1.54) is 0 Å². The van der Waals surface area contributed by atoms with Crippen LogP contribution in [0.2, 0.25) is 0 Å². The molecule has 0 radical (unpaired) electrons. The van der Waals surface area contributed by atoms with Gasteiger partial charge < -0.3 is 4.74 Å². The van der Waals surface area contributed by atoms with Gasteiger partial charge in [0.2, 0.25) is 0 Å². The van der Waals surface area contributed by atoms with Crippen molar-refractivity contribution in [1.29, 1.82) is 0 Å². The Hall–Kier alpha value is -2.01. The van der Waals surface area contributed by atoms with Crippen LogP contribution in [0.15, 0.2) is 36.9 Å². The average molecular weight is 256 g/mol. The maximum Gasteiger partial charge on any atom is 0.312 e. The minimum Gasteiger partial charge on any atom is -0.444 e. The SMILES string of the molecule is C#CC(OC(=O)C(C)(C)C)c1ccccc1CC=C. The smallest absolute Gasteiger partial charge is 0.312 e. The highest BCUT2D eigenvalue weighted by Gasteiger charge is 2.26. The van der Waals surface area contributed by atoms with E-state index in [1.807, 2.05) is 24.3 Å². The van der Waals surface area contributed by atoms with Gasteiger partial charge >= 0.3 is 5.97 Å². The summed E-state index contributed by atoms with van der Waals surface area (Å²) in [5, 5.41) is 0. The molecule has 1 atom stereocenters. The molecular weight excluding hydrogens is 236 g/mol. The molecule has 1 aromatic rings. The van der Waals surface area contributed by atoms with Crippen molar-refractivity contribution in [3.63, 3.8) is 0 Å². The number of hydrogen-bond acceptors (Lipinski definition) is 2. The molecule has 0 aliphatic heterocycles. The number of carbonyl (C=O) groups excluding carboxylic acids is 1. The third-order valence-electron chi connectivity index (χ3n) is 2.69. The van der Waals surface area contributed by atoms with Gasteiger partial charge in [-0.05, 0) is 32.8 Å². The predicted molar refractivity (Wildman–Crippen MR) is 77.5 cm³/mol. The minimum absolute atomic E-state index is 0.302. The van der Waals surface area contributed by atoms with Crippen molar-refractivity contribution in [1.82, 2.24) is 0 Å². The number of hydrogen-bond donors (Lipinski definition) is 0. The van der Waals surface area contributed by atoms with Crippen molar-refractivity contribution in [2.24, 2.45) is 5.41 Å². The Morgan fingerprint density at radius 1 is 1.47 bits per heavy atom. The van der Waals surface area contributed by atoms with Crippen LogP contribution in [0, 0.1) is 17.8 Å². The lowest BCUT2D eigenvalue weighted by Gasteiger charge is -2.21. The van der Waals surface area contributed by atoms with Gasteiger partial charge in [-0.15, -0.1) is 13.0 Å². The van der Waals surface area contributed by atoms with Gasteiger partial charge in [-0.3, -0.25) is 4.79 Å². The van der Waals surface area contributed by atoms with Crippen LogP contribution in [0.25, 0.3) is 0 Å². The van der Waals surface area contributed by atoms with Crippen molar-refractivity contribution in [3.8, 4) is 12.3 Å². The Morgan fingerprint density at radius 2 is 2.11 bits per heavy atom. The van der Waals surface area contributed by atoms with E-state index in [0.29, 0.717) is 6.42 Å². The largest absolute Gasteiger partial charge is 0.444 e. The Labute approximate surface area is 115 Å². The zero-order chi connectivity index (χ0) is 14.5. The standard InChI is InChI=1S/C17H20O2/c1-6-10-13-11-8-9-12-14(13)15(7-2)19-16(18)17(3,4)5/h2,6,8-9,11-12,15H,1,10H2,3-5H3. The summed E-state index contributed by atoms with van der Waals surface area (Å²) in [6.45, 7) is 9.14. The number of esters is 1. The van der Waals surface area contributed by atoms with Crippen LogP contribution in [0.4, 0.5) is 0 Å². The first-order chi connectivity index (χ1) is 8.90. The first-order valence-electron chi connectivity index (χ1n) is 6.26. The van der Waals surface area contributed by atoms with Crippen molar-refractivity contribution in [3.05, 3.63) is 48.0 Å². The summed E-state index contributed by atoms with van der Waals surface area (Å²) < 4.78 is 5.43. The summed E-state index contributed by atoms with van der Waals surface area (Å²) in [7, 11) is 0. The zero-order valence-corrected chi connectivity index (χ0v) is 11.8. The first-order valence-corrected chi connectivity index (χ1v) is 6.26. The van der Waals surface area contributed by atoms with Crippen LogP contribution in [0.5, 0.6) is 0 Å². The molecule has 0 aliphatic rings. The lowest BCUT2D eigenvalue weighted by molar-refractivity contribution is -0.156. The maximum atomic E-state index is 11.9. The zero-order valence-electron chi connectivity index (χ0n) is 11.8. The molecule has 0 bridgehead atoms. The van der Waals surface area contributed by atoms with Gasteiger partial charge in [0.15, 0.2) is 6.10 Å².